The number of amides is 1. The number of hydrogen-bond donors (Lipinski definition) is 1. The van der Waals surface area contributed by atoms with Crippen molar-refractivity contribution in [2.45, 2.75) is 39.7 Å². The summed E-state index contributed by atoms with van der Waals surface area (Å²) in [5.74, 6) is 0.642. The van der Waals surface area contributed by atoms with Crippen molar-refractivity contribution in [1.82, 2.24) is 9.88 Å². The van der Waals surface area contributed by atoms with Gasteiger partial charge in [-0.1, -0.05) is 18.2 Å². The third kappa shape index (κ3) is 5.85. The lowest BCUT2D eigenvalue weighted by Gasteiger charge is -2.24. The summed E-state index contributed by atoms with van der Waals surface area (Å²) in [6.07, 6.45) is 3.60. The van der Waals surface area contributed by atoms with Crippen molar-refractivity contribution < 1.29 is 24.2 Å². The molecule has 4 rings (SSSR count). The van der Waals surface area contributed by atoms with E-state index in [1.807, 2.05) is 49.1 Å². The fraction of sp³-hybridized carbons (Fsp3) is 0.345. The SMILES string of the molecule is CCOc1ccc(-c2ccc(-c3cc(CC(=O)O)ccc3OC)c(CN(CC)C(=O)C3CC3)c2)cn1. The van der Waals surface area contributed by atoms with Crippen molar-refractivity contribution in [1.29, 1.82) is 0 Å². The lowest BCUT2D eigenvalue weighted by Crippen LogP contribution is -2.31. The van der Waals surface area contributed by atoms with Crippen molar-refractivity contribution in [2.75, 3.05) is 20.3 Å². The van der Waals surface area contributed by atoms with Gasteiger partial charge in [-0.15, -0.1) is 0 Å². The van der Waals surface area contributed by atoms with Crippen LogP contribution >= 0.6 is 0 Å². The van der Waals surface area contributed by atoms with Crippen LogP contribution in [0.5, 0.6) is 11.6 Å². The number of methoxy groups -OCH3 is 1. The predicted octanol–water partition coefficient (Wildman–Crippen LogP) is 5.21. The average Bonchev–Trinajstić information content (AvgIpc) is 3.73. The van der Waals surface area contributed by atoms with E-state index >= 15 is 0 Å². The minimum absolute atomic E-state index is 0.0798. The molecular formula is C29H32N2O5. The van der Waals surface area contributed by atoms with Gasteiger partial charge in [0, 0.05) is 42.4 Å². The first-order valence-electron chi connectivity index (χ1n) is 12.3. The number of pyridine rings is 1. The Hall–Kier alpha value is -3.87. The third-order valence-corrected chi connectivity index (χ3v) is 6.36. The molecule has 1 aliphatic carbocycles. The van der Waals surface area contributed by atoms with Gasteiger partial charge < -0.3 is 19.5 Å². The molecule has 0 saturated heterocycles. The quantitative estimate of drug-likeness (QED) is 0.399. The van der Waals surface area contributed by atoms with Gasteiger partial charge in [-0.3, -0.25) is 9.59 Å². The predicted molar refractivity (Wildman–Crippen MR) is 138 cm³/mol. The second-order valence-corrected chi connectivity index (χ2v) is 8.92. The number of aromatic nitrogens is 1. The molecular weight excluding hydrogens is 456 g/mol. The molecule has 0 aliphatic heterocycles. The van der Waals surface area contributed by atoms with Crippen LogP contribution in [-0.4, -0.2) is 47.1 Å². The Morgan fingerprint density at radius 1 is 1.03 bits per heavy atom. The standard InChI is InChI=1S/C29H32N2O5/c1-4-31(29(34)20-7-8-20)18-23-16-21(22-10-13-27(30-17-22)36-5-2)9-11-24(23)25-14-19(15-28(32)33)6-12-26(25)35-3/h6,9-14,16-17,20H,4-5,7-8,15,18H2,1-3H3,(H,32,33). The van der Waals surface area contributed by atoms with E-state index in [9.17, 15) is 14.7 Å². The van der Waals surface area contributed by atoms with Gasteiger partial charge in [0.2, 0.25) is 11.8 Å². The van der Waals surface area contributed by atoms with Gasteiger partial charge in [-0.2, -0.15) is 0 Å². The van der Waals surface area contributed by atoms with Crippen LogP contribution in [0, 0.1) is 5.92 Å². The molecule has 1 amide bonds. The van der Waals surface area contributed by atoms with Crippen LogP contribution in [0.2, 0.25) is 0 Å². The van der Waals surface area contributed by atoms with Gasteiger partial charge in [-0.25, -0.2) is 4.98 Å². The van der Waals surface area contributed by atoms with E-state index in [4.69, 9.17) is 9.47 Å². The Balaban J connectivity index is 1.79. The number of carbonyl (C=O) groups excluding carboxylic acids is 1. The Kier molecular flexibility index (Phi) is 7.88. The number of hydrogen-bond acceptors (Lipinski definition) is 5. The van der Waals surface area contributed by atoms with Crippen molar-refractivity contribution in [3.8, 4) is 33.9 Å². The summed E-state index contributed by atoms with van der Waals surface area (Å²) < 4.78 is 11.1. The molecule has 2 aromatic carbocycles. The molecule has 7 heteroatoms. The van der Waals surface area contributed by atoms with Crippen molar-refractivity contribution in [3.05, 3.63) is 65.9 Å². The Morgan fingerprint density at radius 3 is 2.42 bits per heavy atom. The van der Waals surface area contributed by atoms with Crippen LogP contribution in [0.4, 0.5) is 0 Å². The third-order valence-electron chi connectivity index (χ3n) is 6.36. The number of nitrogens with zero attached hydrogens (tertiary/aromatic N) is 2. The van der Waals surface area contributed by atoms with Gasteiger partial charge in [-0.05, 0) is 73.2 Å². The van der Waals surface area contributed by atoms with Gasteiger partial charge in [0.25, 0.3) is 0 Å². The number of aliphatic carboxylic acids is 1. The lowest BCUT2D eigenvalue weighted by molar-refractivity contribution is -0.136. The molecule has 1 heterocycles. The van der Waals surface area contributed by atoms with Gasteiger partial charge in [0.1, 0.15) is 5.75 Å². The van der Waals surface area contributed by atoms with Gasteiger partial charge in [0.05, 0.1) is 20.1 Å². The van der Waals surface area contributed by atoms with E-state index in [-0.39, 0.29) is 18.2 Å². The molecule has 1 N–H and O–H groups in total. The summed E-state index contributed by atoms with van der Waals surface area (Å²) in [4.78, 5) is 30.6. The van der Waals surface area contributed by atoms with Crippen LogP contribution in [0.15, 0.2) is 54.7 Å². The average molecular weight is 489 g/mol. The lowest BCUT2D eigenvalue weighted by atomic mass is 9.93. The Bertz CT molecular complexity index is 1230. The molecule has 0 atom stereocenters. The molecule has 1 fully saturated rings. The first-order chi connectivity index (χ1) is 17.4. The van der Waals surface area contributed by atoms with Crippen LogP contribution in [0.25, 0.3) is 22.3 Å². The highest BCUT2D eigenvalue weighted by atomic mass is 16.5. The first-order valence-corrected chi connectivity index (χ1v) is 12.3. The largest absolute Gasteiger partial charge is 0.496 e. The first kappa shape index (κ1) is 25.2. The zero-order valence-corrected chi connectivity index (χ0v) is 21.0. The van der Waals surface area contributed by atoms with Crippen molar-refractivity contribution in [2.24, 2.45) is 5.92 Å². The van der Waals surface area contributed by atoms with Crippen LogP contribution < -0.4 is 9.47 Å². The monoisotopic (exact) mass is 488 g/mol. The number of benzene rings is 2. The maximum absolute atomic E-state index is 13.0. The van der Waals surface area contributed by atoms with Gasteiger partial charge >= 0.3 is 5.97 Å². The zero-order chi connectivity index (χ0) is 25.7. The fourth-order valence-electron chi connectivity index (χ4n) is 4.34. The van der Waals surface area contributed by atoms with E-state index in [1.165, 1.54) is 0 Å². The van der Waals surface area contributed by atoms with Crippen molar-refractivity contribution in [3.63, 3.8) is 0 Å². The molecule has 7 nitrogen and oxygen atoms in total. The minimum Gasteiger partial charge on any atom is -0.496 e. The Morgan fingerprint density at radius 2 is 1.81 bits per heavy atom. The van der Waals surface area contributed by atoms with Crippen LogP contribution in [0.3, 0.4) is 0 Å². The smallest absolute Gasteiger partial charge is 0.307 e. The molecule has 0 unspecified atom stereocenters. The topological polar surface area (TPSA) is 89.0 Å². The molecule has 3 aromatic rings. The summed E-state index contributed by atoms with van der Waals surface area (Å²) >= 11 is 0. The van der Waals surface area contributed by atoms with Crippen LogP contribution in [0.1, 0.15) is 37.8 Å². The second kappa shape index (κ2) is 11.2. The summed E-state index contributed by atoms with van der Waals surface area (Å²) in [5.41, 5.74) is 5.27. The fourth-order valence-corrected chi connectivity index (χ4v) is 4.34. The maximum atomic E-state index is 13.0. The van der Waals surface area contributed by atoms with Gasteiger partial charge in [0.15, 0.2) is 0 Å². The van der Waals surface area contributed by atoms with E-state index in [0.29, 0.717) is 36.9 Å². The number of carboxylic acids is 1. The molecule has 0 bridgehead atoms. The van der Waals surface area contributed by atoms with Crippen LogP contribution in [-0.2, 0) is 22.6 Å². The van der Waals surface area contributed by atoms with E-state index in [2.05, 4.69) is 11.1 Å². The minimum atomic E-state index is -0.892. The summed E-state index contributed by atoms with van der Waals surface area (Å²) in [6.45, 7) is 5.53. The number of ether oxygens (including phenoxy) is 2. The maximum Gasteiger partial charge on any atom is 0.307 e. The highest BCUT2D eigenvalue weighted by Gasteiger charge is 2.33. The second-order valence-electron chi connectivity index (χ2n) is 8.92. The highest BCUT2D eigenvalue weighted by molar-refractivity contribution is 5.83. The number of carbonyl (C=O) groups is 2. The summed E-state index contributed by atoms with van der Waals surface area (Å²) in [6, 6.07) is 15.4. The molecule has 1 aliphatic rings. The highest BCUT2D eigenvalue weighted by Crippen LogP contribution is 2.37. The summed E-state index contributed by atoms with van der Waals surface area (Å²) in [7, 11) is 1.60. The molecule has 1 aromatic heterocycles. The molecule has 188 valence electrons. The number of carboxylic acid groups (broad SMARTS) is 1. The van der Waals surface area contributed by atoms with E-state index < -0.39 is 5.97 Å². The normalized spacial score (nSPS) is 12.8. The van der Waals surface area contributed by atoms with Crippen molar-refractivity contribution >= 4 is 11.9 Å². The molecule has 1 saturated carbocycles. The van der Waals surface area contributed by atoms with E-state index in [0.717, 1.165) is 40.7 Å². The summed E-state index contributed by atoms with van der Waals surface area (Å²) in [5, 5.41) is 9.30. The zero-order valence-electron chi connectivity index (χ0n) is 21.0. The molecule has 0 spiro atoms. The molecule has 0 radical (unpaired) electrons. The Labute approximate surface area is 211 Å². The molecule has 36 heavy (non-hydrogen) atoms. The number of rotatable bonds is 11. The van der Waals surface area contributed by atoms with E-state index in [1.54, 1.807) is 25.4 Å².